The second kappa shape index (κ2) is 10.4. The number of pyridine rings is 1. The van der Waals surface area contributed by atoms with Crippen molar-refractivity contribution in [1.29, 1.82) is 5.26 Å². The van der Waals surface area contributed by atoms with Crippen LogP contribution in [0, 0.1) is 22.7 Å². The van der Waals surface area contributed by atoms with E-state index in [-0.39, 0.29) is 16.7 Å². The topological polar surface area (TPSA) is 109 Å². The zero-order valence-electron chi connectivity index (χ0n) is 24.8. The number of anilines is 1. The summed E-state index contributed by atoms with van der Waals surface area (Å²) in [5, 5.41) is 24.7. The van der Waals surface area contributed by atoms with Gasteiger partial charge in [0.15, 0.2) is 0 Å². The molecule has 8 heteroatoms. The monoisotopic (exact) mass is 551 g/mol. The number of nitriles is 1. The van der Waals surface area contributed by atoms with Crippen molar-refractivity contribution in [3.05, 3.63) is 70.6 Å². The fraction of sp³-hybridized carbons (Fsp3) is 0.545. The van der Waals surface area contributed by atoms with Crippen molar-refractivity contribution in [2.45, 2.75) is 89.5 Å². The normalized spacial score (nSPS) is 23.6. The van der Waals surface area contributed by atoms with Crippen molar-refractivity contribution < 1.29 is 4.79 Å². The first-order valence-corrected chi connectivity index (χ1v) is 15.0. The lowest BCUT2D eigenvalue weighted by molar-refractivity contribution is 0.102. The third kappa shape index (κ3) is 5.05. The maximum Gasteiger partial charge on any atom is 0.274 e. The van der Waals surface area contributed by atoms with E-state index < -0.39 is 0 Å². The van der Waals surface area contributed by atoms with Gasteiger partial charge in [0.2, 0.25) is 0 Å². The molecule has 1 amide bonds. The Morgan fingerprint density at radius 1 is 1.17 bits per heavy atom. The Morgan fingerprint density at radius 2 is 1.98 bits per heavy atom. The van der Waals surface area contributed by atoms with E-state index in [0.29, 0.717) is 23.4 Å². The number of hydrogen-bond donors (Lipinski definition) is 2. The predicted molar refractivity (Wildman–Crippen MR) is 158 cm³/mol. The second-order valence-corrected chi connectivity index (χ2v) is 13.7. The molecule has 41 heavy (non-hydrogen) atoms. The number of carbonyl (C=O) groups is 1. The van der Waals surface area contributed by atoms with Gasteiger partial charge in [0.25, 0.3) is 5.91 Å². The number of amides is 1. The largest absolute Gasteiger partial charge is 0.321 e. The zero-order chi connectivity index (χ0) is 28.8. The van der Waals surface area contributed by atoms with Gasteiger partial charge in [-0.15, -0.1) is 10.2 Å². The van der Waals surface area contributed by atoms with Gasteiger partial charge in [0.05, 0.1) is 17.2 Å². The van der Waals surface area contributed by atoms with Gasteiger partial charge < -0.3 is 15.2 Å². The number of nitrogens with one attached hydrogen (secondary N) is 2. The van der Waals surface area contributed by atoms with Crippen molar-refractivity contribution in [2.24, 2.45) is 18.4 Å². The Hall–Kier alpha value is -3.57. The highest BCUT2D eigenvalue weighted by Gasteiger charge is 2.49. The van der Waals surface area contributed by atoms with Gasteiger partial charge in [0.1, 0.15) is 17.8 Å². The van der Waals surface area contributed by atoms with Crippen molar-refractivity contribution in [3.63, 3.8) is 0 Å². The van der Waals surface area contributed by atoms with E-state index in [0.717, 1.165) is 61.5 Å². The molecule has 3 aromatic rings. The van der Waals surface area contributed by atoms with Gasteiger partial charge in [0, 0.05) is 37.7 Å². The zero-order valence-corrected chi connectivity index (χ0v) is 24.8. The minimum atomic E-state index is -0.320. The maximum atomic E-state index is 13.7. The van der Waals surface area contributed by atoms with Crippen LogP contribution >= 0.6 is 0 Å². The van der Waals surface area contributed by atoms with Crippen LogP contribution in [0.3, 0.4) is 0 Å². The van der Waals surface area contributed by atoms with Crippen molar-refractivity contribution in [1.82, 2.24) is 25.1 Å². The molecule has 0 bridgehead atoms. The summed E-state index contributed by atoms with van der Waals surface area (Å²) in [6.45, 7) is 8.58. The molecule has 1 aromatic carbocycles. The van der Waals surface area contributed by atoms with Crippen molar-refractivity contribution >= 4 is 11.6 Å². The molecule has 0 saturated heterocycles. The Balaban J connectivity index is 1.25. The smallest absolute Gasteiger partial charge is 0.274 e. The number of carbonyl (C=O) groups excluding carboxylic acids is 1. The molecule has 2 N–H and O–H groups in total. The predicted octanol–water partition coefficient (Wildman–Crippen LogP) is 5.58. The number of rotatable bonds is 9. The fourth-order valence-electron chi connectivity index (χ4n) is 7.30. The lowest BCUT2D eigenvalue weighted by Crippen LogP contribution is -2.44. The van der Waals surface area contributed by atoms with Crippen LogP contribution in [0.25, 0.3) is 0 Å². The van der Waals surface area contributed by atoms with E-state index >= 15 is 0 Å². The Morgan fingerprint density at radius 3 is 2.66 bits per heavy atom. The number of nitrogens with zero attached hydrogens (tertiary/aromatic N) is 5. The summed E-state index contributed by atoms with van der Waals surface area (Å²) in [7, 11) is 1.96. The van der Waals surface area contributed by atoms with Crippen molar-refractivity contribution in [3.8, 4) is 6.07 Å². The minimum Gasteiger partial charge on any atom is -0.321 e. The summed E-state index contributed by atoms with van der Waals surface area (Å²) in [6.07, 6.45) is 9.86. The highest BCUT2D eigenvalue weighted by molar-refractivity contribution is 6.03. The molecule has 2 fully saturated rings. The quantitative estimate of drug-likeness (QED) is 0.360. The standard InChI is InChI=1S/C33H41N7O/c1-31(2)13-9-26-23(19-35-20-32(3)11-6-12-32)15-27(38-28(26)31)29(41)37-25-8-5-7-24(16-25)33(17-22(18-33)10-14-34)30-39-36-21-40(30)4/h5,7-8,15-16,21-22,35H,6,9-13,17-20H2,1-4H3,(H,37,41). The number of hydrogen-bond acceptors (Lipinski definition) is 6. The summed E-state index contributed by atoms with van der Waals surface area (Å²) in [5.41, 5.74) is 5.88. The highest BCUT2D eigenvalue weighted by Crippen LogP contribution is 2.53. The number of aryl methyl sites for hydroxylation is 1. The van der Waals surface area contributed by atoms with Gasteiger partial charge in [-0.1, -0.05) is 39.3 Å². The first-order chi connectivity index (χ1) is 19.6. The SMILES string of the molecule is Cn1cnnc1C1(c2cccc(NC(=O)c3cc(CNCC4(C)CCC4)c4c(n3)C(C)(C)CC4)c2)CC(CC#N)C1. The summed E-state index contributed by atoms with van der Waals surface area (Å²) in [5.74, 6) is 1.03. The van der Waals surface area contributed by atoms with E-state index in [1.165, 1.54) is 30.4 Å². The average Bonchev–Trinajstić information content (AvgIpc) is 3.47. The van der Waals surface area contributed by atoms with Crippen LogP contribution in [-0.2, 0) is 30.8 Å². The molecule has 6 rings (SSSR count). The molecule has 2 aromatic heterocycles. The molecule has 0 radical (unpaired) electrons. The molecular formula is C33H41N7O. The Bertz CT molecular complexity index is 1500. The average molecular weight is 552 g/mol. The number of fused-ring (bicyclic) bond motifs is 1. The van der Waals surface area contributed by atoms with Crippen LogP contribution in [0.2, 0.25) is 0 Å². The van der Waals surface area contributed by atoms with Gasteiger partial charge in [-0.2, -0.15) is 5.26 Å². The van der Waals surface area contributed by atoms with Crippen LogP contribution in [-0.4, -0.2) is 32.2 Å². The molecule has 8 nitrogen and oxygen atoms in total. The molecule has 214 valence electrons. The van der Waals surface area contributed by atoms with E-state index in [1.807, 2.05) is 35.9 Å². The van der Waals surface area contributed by atoms with Crippen LogP contribution in [0.15, 0.2) is 36.7 Å². The van der Waals surface area contributed by atoms with E-state index in [4.69, 9.17) is 4.98 Å². The third-order valence-electron chi connectivity index (χ3n) is 9.98. The van der Waals surface area contributed by atoms with Crippen LogP contribution in [0.4, 0.5) is 5.69 Å². The summed E-state index contributed by atoms with van der Waals surface area (Å²) < 4.78 is 1.96. The Labute approximate surface area is 243 Å². The van der Waals surface area contributed by atoms with Gasteiger partial charge in [-0.05, 0) is 84.7 Å². The van der Waals surface area contributed by atoms with E-state index in [1.54, 1.807) is 6.33 Å². The van der Waals surface area contributed by atoms with E-state index in [2.05, 4.69) is 53.7 Å². The van der Waals surface area contributed by atoms with Gasteiger partial charge >= 0.3 is 0 Å². The van der Waals surface area contributed by atoms with Crippen LogP contribution in [0.5, 0.6) is 0 Å². The molecule has 0 atom stereocenters. The lowest BCUT2D eigenvalue weighted by atomic mass is 9.57. The fourth-order valence-corrected chi connectivity index (χ4v) is 7.30. The Kier molecular flexibility index (Phi) is 6.97. The molecule has 2 heterocycles. The van der Waals surface area contributed by atoms with E-state index in [9.17, 15) is 10.1 Å². The molecule has 0 aliphatic heterocycles. The molecule has 0 unspecified atom stereocenters. The summed E-state index contributed by atoms with van der Waals surface area (Å²) in [4.78, 5) is 18.6. The number of benzene rings is 1. The minimum absolute atomic E-state index is 0.0487. The third-order valence-corrected chi connectivity index (χ3v) is 9.98. The number of aromatic nitrogens is 4. The van der Waals surface area contributed by atoms with Crippen LogP contribution in [0.1, 0.15) is 104 Å². The maximum absolute atomic E-state index is 13.7. The second-order valence-electron chi connectivity index (χ2n) is 13.7. The molecular weight excluding hydrogens is 510 g/mol. The van der Waals surface area contributed by atoms with Gasteiger partial charge in [-0.25, -0.2) is 4.98 Å². The highest BCUT2D eigenvalue weighted by atomic mass is 16.1. The summed E-state index contributed by atoms with van der Waals surface area (Å²) >= 11 is 0. The molecule has 3 aliphatic rings. The molecule has 3 aliphatic carbocycles. The first kappa shape index (κ1) is 27.6. The van der Waals surface area contributed by atoms with Crippen LogP contribution < -0.4 is 10.6 Å². The lowest BCUT2D eigenvalue weighted by Gasteiger charge is -2.46. The van der Waals surface area contributed by atoms with Gasteiger partial charge in [-0.3, -0.25) is 4.79 Å². The summed E-state index contributed by atoms with van der Waals surface area (Å²) in [6, 6.07) is 12.4. The first-order valence-electron chi connectivity index (χ1n) is 15.0. The molecule has 2 saturated carbocycles. The van der Waals surface area contributed by atoms with Crippen molar-refractivity contribution in [2.75, 3.05) is 11.9 Å². The molecule has 0 spiro atoms.